The second kappa shape index (κ2) is 6.93. The summed E-state index contributed by atoms with van der Waals surface area (Å²) < 4.78 is 5.82. The van der Waals surface area contributed by atoms with Crippen molar-refractivity contribution in [1.82, 2.24) is 9.80 Å². The highest BCUT2D eigenvalue weighted by atomic mass is 16.5. The lowest BCUT2D eigenvalue weighted by Crippen LogP contribution is -2.63. The Morgan fingerprint density at radius 2 is 1.83 bits per heavy atom. The Morgan fingerprint density at radius 1 is 1.25 bits per heavy atom. The standard InChI is InChI=1S/C19H34N2O3/c1-5-24-17-12-16(22)19(17)8-10-20(11-9-19)18(23)15(4)21-13(2)6-7-14(21)3/h13-17,22H,5-12H2,1-4H3. The molecule has 0 aromatic carbocycles. The van der Waals surface area contributed by atoms with Gasteiger partial charge in [-0.05, 0) is 53.4 Å². The largest absolute Gasteiger partial charge is 0.392 e. The monoisotopic (exact) mass is 338 g/mol. The number of nitrogens with zero attached hydrogens (tertiary/aromatic N) is 2. The van der Waals surface area contributed by atoms with Crippen LogP contribution in [0.3, 0.4) is 0 Å². The summed E-state index contributed by atoms with van der Waals surface area (Å²) in [5, 5.41) is 10.3. The van der Waals surface area contributed by atoms with E-state index in [1.807, 2.05) is 11.8 Å². The number of hydrogen-bond acceptors (Lipinski definition) is 4. The first-order valence-electron chi connectivity index (χ1n) is 9.76. The maximum absolute atomic E-state index is 13.0. The van der Waals surface area contributed by atoms with Crippen LogP contribution in [0.1, 0.15) is 59.8 Å². The van der Waals surface area contributed by atoms with Crippen molar-refractivity contribution in [2.75, 3.05) is 19.7 Å². The lowest BCUT2D eigenvalue weighted by atomic mass is 9.58. The number of rotatable bonds is 4. The van der Waals surface area contributed by atoms with Crippen LogP contribution in [-0.4, -0.2) is 70.8 Å². The van der Waals surface area contributed by atoms with E-state index < -0.39 is 0 Å². The van der Waals surface area contributed by atoms with Crippen molar-refractivity contribution in [1.29, 1.82) is 0 Å². The number of likely N-dealkylation sites (tertiary alicyclic amines) is 2. The molecule has 138 valence electrons. The molecule has 0 aromatic rings. The van der Waals surface area contributed by atoms with Gasteiger partial charge in [0.1, 0.15) is 0 Å². The topological polar surface area (TPSA) is 53.0 Å². The molecule has 5 atom stereocenters. The molecule has 3 fully saturated rings. The molecule has 1 amide bonds. The molecule has 1 N–H and O–H groups in total. The van der Waals surface area contributed by atoms with E-state index in [9.17, 15) is 9.90 Å². The molecule has 24 heavy (non-hydrogen) atoms. The van der Waals surface area contributed by atoms with E-state index in [1.54, 1.807) is 0 Å². The fourth-order valence-corrected chi connectivity index (χ4v) is 5.33. The summed E-state index contributed by atoms with van der Waals surface area (Å²) in [5.74, 6) is 0.257. The van der Waals surface area contributed by atoms with Gasteiger partial charge in [0.05, 0.1) is 18.2 Å². The van der Waals surface area contributed by atoms with Crippen LogP contribution in [0.4, 0.5) is 0 Å². The highest BCUT2D eigenvalue weighted by molar-refractivity contribution is 5.81. The van der Waals surface area contributed by atoms with Gasteiger partial charge in [-0.3, -0.25) is 9.69 Å². The third-order valence-electron chi connectivity index (χ3n) is 6.94. The predicted octanol–water partition coefficient (Wildman–Crippen LogP) is 2.03. The minimum Gasteiger partial charge on any atom is -0.392 e. The Bertz CT molecular complexity index is 450. The second-order valence-electron chi connectivity index (χ2n) is 8.15. The van der Waals surface area contributed by atoms with Gasteiger partial charge in [-0.1, -0.05) is 0 Å². The molecule has 2 saturated heterocycles. The maximum Gasteiger partial charge on any atom is 0.239 e. The Balaban J connectivity index is 1.59. The number of amides is 1. The summed E-state index contributed by atoms with van der Waals surface area (Å²) in [5.41, 5.74) is -0.107. The van der Waals surface area contributed by atoms with Gasteiger partial charge in [-0.2, -0.15) is 0 Å². The zero-order chi connectivity index (χ0) is 17.5. The predicted molar refractivity (Wildman–Crippen MR) is 93.7 cm³/mol. The van der Waals surface area contributed by atoms with Crippen LogP contribution in [-0.2, 0) is 9.53 Å². The highest BCUT2D eigenvalue weighted by Crippen LogP contribution is 2.51. The average molecular weight is 338 g/mol. The number of aliphatic hydroxyl groups is 1. The van der Waals surface area contributed by atoms with E-state index in [0.717, 1.165) is 32.4 Å². The molecule has 1 saturated carbocycles. The van der Waals surface area contributed by atoms with Crippen molar-refractivity contribution in [3.8, 4) is 0 Å². The fraction of sp³-hybridized carbons (Fsp3) is 0.947. The number of aliphatic hydroxyl groups excluding tert-OH is 1. The van der Waals surface area contributed by atoms with Crippen LogP contribution in [0.2, 0.25) is 0 Å². The number of carbonyl (C=O) groups excluding carboxylic acids is 1. The molecule has 0 aromatic heterocycles. The van der Waals surface area contributed by atoms with Gasteiger partial charge in [0.15, 0.2) is 0 Å². The van der Waals surface area contributed by atoms with Crippen LogP contribution in [0, 0.1) is 5.41 Å². The van der Waals surface area contributed by atoms with Crippen LogP contribution < -0.4 is 0 Å². The van der Waals surface area contributed by atoms with Gasteiger partial charge in [0.2, 0.25) is 5.91 Å². The summed E-state index contributed by atoms with van der Waals surface area (Å²) in [6.07, 6.45) is 4.76. The van der Waals surface area contributed by atoms with Crippen LogP contribution in [0.25, 0.3) is 0 Å². The summed E-state index contributed by atoms with van der Waals surface area (Å²) in [6.45, 7) is 10.7. The van der Waals surface area contributed by atoms with E-state index in [1.165, 1.54) is 12.8 Å². The van der Waals surface area contributed by atoms with Crippen molar-refractivity contribution < 1.29 is 14.6 Å². The molecule has 5 heteroatoms. The average Bonchev–Trinajstić information content (AvgIpc) is 2.92. The SMILES string of the molecule is CCOC1CC(O)C12CCN(C(=O)C(C)N1C(C)CCC1C)CC2. The van der Waals surface area contributed by atoms with E-state index in [2.05, 4.69) is 25.7 Å². The molecule has 3 rings (SSSR count). The first kappa shape index (κ1) is 18.2. The summed E-state index contributed by atoms with van der Waals surface area (Å²) in [4.78, 5) is 17.4. The molecule has 2 aliphatic heterocycles. The number of carbonyl (C=O) groups is 1. The van der Waals surface area contributed by atoms with Crippen molar-refractivity contribution >= 4 is 5.91 Å². The molecule has 3 aliphatic rings. The lowest BCUT2D eigenvalue weighted by molar-refractivity contribution is -0.210. The first-order valence-corrected chi connectivity index (χ1v) is 9.76. The quantitative estimate of drug-likeness (QED) is 0.852. The smallest absolute Gasteiger partial charge is 0.239 e. The lowest BCUT2D eigenvalue weighted by Gasteiger charge is -2.56. The minimum atomic E-state index is -0.262. The summed E-state index contributed by atoms with van der Waals surface area (Å²) in [6, 6.07) is 0.942. The molecule has 1 aliphatic carbocycles. The van der Waals surface area contributed by atoms with Gasteiger partial charge < -0.3 is 14.7 Å². The maximum atomic E-state index is 13.0. The molecule has 0 radical (unpaired) electrons. The van der Waals surface area contributed by atoms with E-state index >= 15 is 0 Å². The first-order chi connectivity index (χ1) is 11.4. The molecule has 0 bridgehead atoms. The van der Waals surface area contributed by atoms with Crippen molar-refractivity contribution in [3.05, 3.63) is 0 Å². The fourth-order valence-electron chi connectivity index (χ4n) is 5.33. The molecule has 5 unspecified atom stereocenters. The van der Waals surface area contributed by atoms with E-state index in [4.69, 9.17) is 4.74 Å². The van der Waals surface area contributed by atoms with Gasteiger partial charge in [0.25, 0.3) is 0 Å². The zero-order valence-corrected chi connectivity index (χ0v) is 15.7. The Kier molecular flexibility index (Phi) is 5.24. The molecule has 5 nitrogen and oxygen atoms in total. The molecule has 1 spiro atoms. The zero-order valence-electron chi connectivity index (χ0n) is 15.7. The molecular weight excluding hydrogens is 304 g/mol. The van der Waals surface area contributed by atoms with Crippen LogP contribution in [0.15, 0.2) is 0 Å². The summed E-state index contributed by atoms with van der Waals surface area (Å²) >= 11 is 0. The highest BCUT2D eigenvalue weighted by Gasteiger charge is 2.56. The normalized spacial score (nSPS) is 37.5. The van der Waals surface area contributed by atoms with Crippen LogP contribution >= 0.6 is 0 Å². The third-order valence-corrected chi connectivity index (χ3v) is 6.94. The third kappa shape index (κ3) is 2.89. The number of ether oxygens (including phenoxy) is 1. The number of piperidine rings is 1. The second-order valence-corrected chi connectivity index (χ2v) is 8.15. The van der Waals surface area contributed by atoms with Crippen molar-refractivity contribution in [2.24, 2.45) is 5.41 Å². The van der Waals surface area contributed by atoms with Crippen molar-refractivity contribution in [3.63, 3.8) is 0 Å². The molecular formula is C19H34N2O3. The van der Waals surface area contributed by atoms with Gasteiger partial charge in [-0.25, -0.2) is 0 Å². The van der Waals surface area contributed by atoms with Crippen molar-refractivity contribution in [2.45, 2.75) is 90.1 Å². The Hall–Kier alpha value is -0.650. The van der Waals surface area contributed by atoms with Gasteiger partial charge >= 0.3 is 0 Å². The Labute approximate surface area is 146 Å². The van der Waals surface area contributed by atoms with E-state index in [0.29, 0.717) is 18.7 Å². The minimum absolute atomic E-state index is 0.0412. The van der Waals surface area contributed by atoms with Crippen LogP contribution in [0.5, 0.6) is 0 Å². The Morgan fingerprint density at radius 3 is 2.33 bits per heavy atom. The number of hydrogen-bond donors (Lipinski definition) is 1. The summed E-state index contributed by atoms with van der Waals surface area (Å²) in [7, 11) is 0. The van der Waals surface area contributed by atoms with E-state index in [-0.39, 0.29) is 29.6 Å². The molecule has 2 heterocycles. The van der Waals surface area contributed by atoms with Gasteiger partial charge in [-0.15, -0.1) is 0 Å². The van der Waals surface area contributed by atoms with Gasteiger partial charge in [0, 0.05) is 43.6 Å².